The smallest absolute Gasteiger partial charge is 0.352 e. The molecule has 0 bridgehead atoms. The van der Waals surface area contributed by atoms with Gasteiger partial charge >= 0.3 is 5.97 Å². The lowest BCUT2D eigenvalue weighted by Gasteiger charge is -2.11. The van der Waals surface area contributed by atoms with Crippen molar-refractivity contribution in [2.45, 2.75) is 6.61 Å². The predicted octanol–water partition coefficient (Wildman–Crippen LogP) is 4.77. The van der Waals surface area contributed by atoms with Gasteiger partial charge in [0.1, 0.15) is 18.1 Å². The van der Waals surface area contributed by atoms with Gasteiger partial charge in [0.15, 0.2) is 0 Å². The van der Waals surface area contributed by atoms with Crippen LogP contribution in [0.3, 0.4) is 0 Å². The number of hydrogen-bond donors (Lipinski definition) is 2. The summed E-state index contributed by atoms with van der Waals surface area (Å²) in [4.78, 5) is 24.0. The third-order valence-corrected chi connectivity index (χ3v) is 4.29. The van der Waals surface area contributed by atoms with Gasteiger partial charge in [-0.1, -0.05) is 60.1 Å². The number of carbonyl (C=O) groups excluding carboxylic acids is 1. The maximum absolute atomic E-state index is 12.3. The summed E-state index contributed by atoms with van der Waals surface area (Å²) in [6, 6.07) is 22.7. The van der Waals surface area contributed by atoms with Crippen LogP contribution in [-0.2, 0) is 11.4 Å². The quantitative estimate of drug-likeness (QED) is 0.553. The van der Waals surface area contributed by atoms with Crippen molar-refractivity contribution in [3.63, 3.8) is 0 Å². The average Bonchev–Trinajstić information content (AvgIpc) is 2.74. The summed E-state index contributed by atoms with van der Waals surface area (Å²) in [5.74, 6) is -1.25. The van der Waals surface area contributed by atoms with Gasteiger partial charge in [0.25, 0.3) is 5.91 Å². The largest absolute Gasteiger partial charge is 0.488 e. The molecule has 0 radical (unpaired) electrons. The number of halogens is 1. The Bertz CT molecular complexity index is 1030. The Kier molecular flexibility index (Phi) is 6.66. The van der Waals surface area contributed by atoms with E-state index in [1.54, 1.807) is 66.7 Å². The predicted molar refractivity (Wildman–Crippen MR) is 112 cm³/mol. The molecule has 0 saturated carbocycles. The molecule has 3 aromatic rings. The Labute approximate surface area is 173 Å². The molecule has 0 aliphatic carbocycles. The molecule has 6 heteroatoms. The van der Waals surface area contributed by atoms with Gasteiger partial charge in [0.2, 0.25) is 0 Å². The third kappa shape index (κ3) is 5.70. The summed E-state index contributed by atoms with van der Waals surface area (Å²) in [5, 5.41) is 12.6. The second-order valence-electron chi connectivity index (χ2n) is 6.14. The minimum absolute atomic E-state index is 0.249. The van der Waals surface area contributed by atoms with Crippen LogP contribution in [0.2, 0.25) is 5.02 Å². The van der Waals surface area contributed by atoms with Gasteiger partial charge in [0, 0.05) is 16.1 Å². The molecule has 0 aromatic heterocycles. The summed E-state index contributed by atoms with van der Waals surface area (Å²) in [7, 11) is 0. The van der Waals surface area contributed by atoms with Crippen molar-refractivity contribution in [1.82, 2.24) is 5.32 Å². The molecule has 0 atom stereocenters. The minimum atomic E-state index is -1.25. The van der Waals surface area contributed by atoms with Crippen molar-refractivity contribution >= 4 is 29.6 Å². The van der Waals surface area contributed by atoms with Gasteiger partial charge in [-0.15, -0.1) is 0 Å². The third-order valence-electron chi connectivity index (χ3n) is 4.04. The molecule has 146 valence electrons. The van der Waals surface area contributed by atoms with E-state index in [1.807, 2.05) is 12.1 Å². The number of ether oxygens (including phenoxy) is 1. The average molecular weight is 408 g/mol. The van der Waals surface area contributed by atoms with E-state index in [0.717, 1.165) is 5.56 Å². The maximum Gasteiger partial charge on any atom is 0.352 e. The number of benzene rings is 3. The summed E-state index contributed by atoms with van der Waals surface area (Å²) < 4.78 is 5.84. The second kappa shape index (κ2) is 9.57. The first-order chi connectivity index (χ1) is 14.0. The number of para-hydroxylation sites is 1. The Morgan fingerprint density at radius 3 is 2.28 bits per heavy atom. The van der Waals surface area contributed by atoms with Crippen molar-refractivity contribution in [3.05, 3.63) is 106 Å². The van der Waals surface area contributed by atoms with Crippen LogP contribution in [-0.4, -0.2) is 17.0 Å². The van der Waals surface area contributed by atoms with Gasteiger partial charge in [0.05, 0.1) is 0 Å². The lowest BCUT2D eigenvalue weighted by atomic mass is 10.1. The zero-order valence-corrected chi connectivity index (χ0v) is 16.1. The fourth-order valence-corrected chi connectivity index (χ4v) is 2.69. The molecule has 3 aromatic carbocycles. The second-order valence-corrected chi connectivity index (χ2v) is 6.57. The summed E-state index contributed by atoms with van der Waals surface area (Å²) >= 11 is 5.89. The van der Waals surface area contributed by atoms with E-state index in [4.69, 9.17) is 16.3 Å². The van der Waals surface area contributed by atoms with Gasteiger partial charge in [-0.25, -0.2) is 4.79 Å². The van der Waals surface area contributed by atoms with Crippen molar-refractivity contribution in [2.24, 2.45) is 0 Å². The molecular formula is C23H18ClNO4. The molecular weight excluding hydrogens is 390 g/mol. The molecule has 0 saturated heterocycles. The zero-order valence-electron chi connectivity index (χ0n) is 15.3. The van der Waals surface area contributed by atoms with Gasteiger partial charge in [-0.05, 0) is 42.0 Å². The lowest BCUT2D eigenvalue weighted by Crippen LogP contribution is -2.27. The molecule has 0 heterocycles. The number of carboxylic acid groups (broad SMARTS) is 1. The van der Waals surface area contributed by atoms with Crippen LogP contribution in [0.4, 0.5) is 0 Å². The highest BCUT2D eigenvalue weighted by Gasteiger charge is 2.14. The first-order valence-electron chi connectivity index (χ1n) is 8.80. The van der Waals surface area contributed by atoms with Crippen LogP contribution in [0.25, 0.3) is 6.08 Å². The van der Waals surface area contributed by atoms with Gasteiger partial charge < -0.3 is 15.2 Å². The van der Waals surface area contributed by atoms with E-state index in [0.29, 0.717) is 28.5 Å². The minimum Gasteiger partial charge on any atom is -0.488 e. The number of carbonyl (C=O) groups is 2. The Morgan fingerprint density at radius 1 is 0.931 bits per heavy atom. The fourth-order valence-electron chi connectivity index (χ4n) is 2.56. The Morgan fingerprint density at radius 2 is 1.59 bits per heavy atom. The fraction of sp³-hybridized carbons (Fsp3) is 0.0435. The summed E-state index contributed by atoms with van der Waals surface area (Å²) in [5.41, 5.74) is 1.57. The maximum atomic E-state index is 12.3. The number of carboxylic acids is 1. The van der Waals surface area contributed by atoms with E-state index >= 15 is 0 Å². The standard InChI is InChI=1S/C23H18ClNO4/c24-19-12-10-16(11-13-19)15-29-21-9-5-4-8-18(21)14-20(23(27)28)25-22(26)17-6-2-1-3-7-17/h1-14H,15H2,(H,25,26)(H,27,28). The number of rotatable bonds is 7. The van der Waals surface area contributed by atoms with E-state index in [-0.39, 0.29) is 5.70 Å². The Hall–Kier alpha value is -3.57. The zero-order chi connectivity index (χ0) is 20.6. The van der Waals surface area contributed by atoms with Crippen molar-refractivity contribution in [1.29, 1.82) is 0 Å². The van der Waals surface area contributed by atoms with Crippen LogP contribution in [0.15, 0.2) is 84.6 Å². The number of hydrogen-bond acceptors (Lipinski definition) is 3. The Balaban J connectivity index is 1.80. The molecule has 1 amide bonds. The van der Waals surface area contributed by atoms with Crippen molar-refractivity contribution < 1.29 is 19.4 Å². The van der Waals surface area contributed by atoms with Crippen LogP contribution in [0, 0.1) is 0 Å². The molecule has 29 heavy (non-hydrogen) atoms. The van der Waals surface area contributed by atoms with Crippen molar-refractivity contribution in [3.8, 4) is 5.75 Å². The molecule has 0 aliphatic rings. The SMILES string of the molecule is O=C(O)C(=Cc1ccccc1OCc1ccc(Cl)cc1)NC(=O)c1ccccc1. The first-order valence-corrected chi connectivity index (χ1v) is 9.18. The molecule has 5 nitrogen and oxygen atoms in total. The molecule has 0 aliphatic heterocycles. The van der Waals surface area contributed by atoms with E-state index < -0.39 is 11.9 Å². The van der Waals surface area contributed by atoms with Crippen LogP contribution < -0.4 is 10.1 Å². The number of aliphatic carboxylic acids is 1. The van der Waals surface area contributed by atoms with Gasteiger partial charge in [-0.3, -0.25) is 4.79 Å². The first kappa shape index (κ1) is 20.2. The van der Waals surface area contributed by atoms with Crippen LogP contribution >= 0.6 is 11.6 Å². The highest BCUT2D eigenvalue weighted by atomic mass is 35.5. The lowest BCUT2D eigenvalue weighted by molar-refractivity contribution is -0.132. The normalized spacial score (nSPS) is 11.0. The summed E-state index contributed by atoms with van der Waals surface area (Å²) in [6.07, 6.45) is 1.38. The van der Waals surface area contributed by atoms with Crippen LogP contribution in [0.1, 0.15) is 21.5 Å². The van der Waals surface area contributed by atoms with E-state index in [1.165, 1.54) is 6.08 Å². The van der Waals surface area contributed by atoms with E-state index in [9.17, 15) is 14.7 Å². The topological polar surface area (TPSA) is 75.6 Å². The molecule has 0 unspecified atom stereocenters. The molecule has 0 spiro atoms. The summed E-state index contributed by atoms with van der Waals surface area (Å²) in [6.45, 7) is 0.292. The highest BCUT2D eigenvalue weighted by molar-refractivity contribution is 6.30. The highest BCUT2D eigenvalue weighted by Crippen LogP contribution is 2.22. The molecule has 3 rings (SSSR count). The molecule has 0 fully saturated rings. The van der Waals surface area contributed by atoms with E-state index in [2.05, 4.69) is 5.32 Å². The van der Waals surface area contributed by atoms with Crippen molar-refractivity contribution in [2.75, 3.05) is 0 Å². The van der Waals surface area contributed by atoms with Crippen LogP contribution in [0.5, 0.6) is 5.75 Å². The van der Waals surface area contributed by atoms with Gasteiger partial charge in [-0.2, -0.15) is 0 Å². The molecule has 2 N–H and O–H groups in total. The number of nitrogens with one attached hydrogen (secondary N) is 1. The number of amides is 1. The monoisotopic (exact) mass is 407 g/mol.